The van der Waals surface area contributed by atoms with E-state index in [1.54, 1.807) is 26.2 Å². The van der Waals surface area contributed by atoms with E-state index in [9.17, 15) is 4.79 Å². The van der Waals surface area contributed by atoms with Crippen molar-refractivity contribution in [1.29, 1.82) is 0 Å². The Labute approximate surface area is 138 Å². The van der Waals surface area contributed by atoms with Gasteiger partial charge in [0.15, 0.2) is 5.75 Å². The van der Waals surface area contributed by atoms with Crippen molar-refractivity contribution in [3.05, 3.63) is 46.6 Å². The van der Waals surface area contributed by atoms with Gasteiger partial charge in [-0.15, -0.1) is 0 Å². The fourth-order valence-corrected chi connectivity index (χ4v) is 2.03. The van der Waals surface area contributed by atoms with Gasteiger partial charge in [-0.3, -0.25) is 4.79 Å². The molecule has 0 unspecified atom stereocenters. The topological polar surface area (TPSA) is 54.5 Å². The summed E-state index contributed by atoms with van der Waals surface area (Å²) in [6.07, 6.45) is 1.45. The van der Waals surface area contributed by atoms with E-state index in [1.165, 1.54) is 11.1 Å². The van der Waals surface area contributed by atoms with Crippen molar-refractivity contribution in [3.8, 4) is 11.6 Å². The molecule has 0 atom stereocenters. The summed E-state index contributed by atoms with van der Waals surface area (Å²) >= 11 is 11.9. The molecule has 0 spiro atoms. The Morgan fingerprint density at radius 1 is 1.32 bits per heavy atom. The van der Waals surface area contributed by atoms with Crippen LogP contribution >= 0.6 is 23.2 Å². The summed E-state index contributed by atoms with van der Waals surface area (Å²) in [4.78, 5) is 17.2. The number of benzene rings is 1. The van der Waals surface area contributed by atoms with Gasteiger partial charge in [0.05, 0.1) is 17.3 Å². The first-order chi connectivity index (χ1) is 10.5. The number of likely N-dealkylation sites (N-methyl/N-ethyl adjacent to an activating group) is 1. The molecule has 0 saturated heterocycles. The average Bonchev–Trinajstić information content (AvgIpc) is 2.48. The molecule has 0 aliphatic heterocycles. The summed E-state index contributed by atoms with van der Waals surface area (Å²) in [6.45, 7) is 0.162. The maximum absolute atomic E-state index is 11.7. The summed E-state index contributed by atoms with van der Waals surface area (Å²) in [6, 6.07) is 8.78. The summed E-state index contributed by atoms with van der Waals surface area (Å²) in [5.41, 5.74) is 0.672. The van der Waals surface area contributed by atoms with Crippen LogP contribution in [0.1, 0.15) is 0 Å². The molecule has 0 fully saturated rings. The smallest absolute Gasteiger partial charge is 0.241 e. The second-order valence-electron chi connectivity index (χ2n) is 4.68. The highest BCUT2D eigenvalue weighted by Crippen LogP contribution is 2.33. The maximum Gasteiger partial charge on any atom is 0.241 e. The lowest BCUT2D eigenvalue weighted by Crippen LogP contribution is -2.28. The molecule has 1 aromatic heterocycles. The van der Waals surface area contributed by atoms with Crippen molar-refractivity contribution < 1.29 is 9.53 Å². The number of nitrogens with zero attached hydrogens (tertiary/aromatic N) is 2. The number of rotatable bonds is 5. The standard InChI is InChI=1S/C15H15Cl2N3O2/c1-20(2)14(21)9-18-12-5-3-4-6-13(12)22-15-11(17)7-10(16)8-19-15/h3-8,18H,9H2,1-2H3. The molecule has 5 nitrogen and oxygen atoms in total. The van der Waals surface area contributed by atoms with Crippen LogP contribution in [0.3, 0.4) is 0 Å². The van der Waals surface area contributed by atoms with Gasteiger partial charge in [-0.05, 0) is 18.2 Å². The third-order valence-electron chi connectivity index (χ3n) is 2.80. The molecule has 0 aliphatic carbocycles. The molecule has 1 amide bonds. The van der Waals surface area contributed by atoms with E-state index in [0.29, 0.717) is 21.5 Å². The van der Waals surface area contributed by atoms with E-state index in [4.69, 9.17) is 27.9 Å². The largest absolute Gasteiger partial charge is 0.435 e. The van der Waals surface area contributed by atoms with E-state index in [-0.39, 0.29) is 18.3 Å². The van der Waals surface area contributed by atoms with Gasteiger partial charge in [0.1, 0.15) is 5.02 Å². The van der Waals surface area contributed by atoms with Crippen LogP contribution in [0.15, 0.2) is 36.5 Å². The predicted octanol–water partition coefficient (Wildman–Crippen LogP) is 3.68. The van der Waals surface area contributed by atoms with Gasteiger partial charge >= 0.3 is 0 Å². The van der Waals surface area contributed by atoms with E-state index in [0.717, 1.165) is 0 Å². The zero-order valence-electron chi connectivity index (χ0n) is 12.1. The molecule has 2 aromatic rings. The summed E-state index contributed by atoms with van der Waals surface area (Å²) < 4.78 is 5.70. The molecule has 22 heavy (non-hydrogen) atoms. The minimum absolute atomic E-state index is 0.0440. The second-order valence-corrected chi connectivity index (χ2v) is 5.52. The lowest BCUT2D eigenvalue weighted by atomic mass is 10.3. The highest BCUT2D eigenvalue weighted by molar-refractivity contribution is 6.35. The molecule has 2 rings (SSSR count). The van der Waals surface area contributed by atoms with E-state index in [1.807, 2.05) is 18.2 Å². The molecule has 0 bridgehead atoms. The van der Waals surface area contributed by atoms with E-state index >= 15 is 0 Å². The first-order valence-electron chi connectivity index (χ1n) is 6.49. The number of para-hydroxylation sites is 2. The van der Waals surface area contributed by atoms with Crippen LogP contribution in [-0.2, 0) is 4.79 Å². The SMILES string of the molecule is CN(C)C(=O)CNc1ccccc1Oc1ncc(Cl)cc1Cl. The third-order valence-corrected chi connectivity index (χ3v) is 3.27. The van der Waals surface area contributed by atoms with Gasteiger partial charge in [-0.1, -0.05) is 35.3 Å². The van der Waals surface area contributed by atoms with Crippen LogP contribution in [0.2, 0.25) is 10.0 Å². The van der Waals surface area contributed by atoms with E-state index < -0.39 is 0 Å². The first kappa shape index (κ1) is 16.4. The molecule has 1 aromatic carbocycles. The fraction of sp³-hybridized carbons (Fsp3) is 0.200. The lowest BCUT2D eigenvalue weighted by molar-refractivity contribution is -0.126. The highest BCUT2D eigenvalue weighted by Gasteiger charge is 2.10. The van der Waals surface area contributed by atoms with Crippen LogP contribution < -0.4 is 10.1 Å². The third kappa shape index (κ3) is 4.26. The summed E-state index contributed by atoms with van der Waals surface area (Å²) in [5, 5.41) is 3.77. The molecule has 116 valence electrons. The normalized spacial score (nSPS) is 10.2. The second kappa shape index (κ2) is 7.33. The number of nitrogens with one attached hydrogen (secondary N) is 1. The molecular formula is C15H15Cl2N3O2. The minimum Gasteiger partial charge on any atom is -0.435 e. The zero-order chi connectivity index (χ0) is 16.1. The molecular weight excluding hydrogens is 325 g/mol. The number of anilines is 1. The van der Waals surface area contributed by atoms with Crippen LogP contribution in [0.5, 0.6) is 11.6 Å². The van der Waals surface area contributed by atoms with Gasteiger partial charge in [-0.25, -0.2) is 4.98 Å². The number of aromatic nitrogens is 1. The first-order valence-corrected chi connectivity index (χ1v) is 7.25. The van der Waals surface area contributed by atoms with Gasteiger partial charge in [0, 0.05) is 20.3 Å². The molecule has 7 heteroatoms. The van der Waals surface area contributed by atoms with Crippen molar-refractivity contribution in [2.75, 3.05) is 26.0 Å². The van der Waals surface area contributed by atoms with Gasteiger partial charge < -0.3 is 15.0 Å². The van der Waals surface area contributed by atoms with Crippen molar-refractivity contribution in [2.24, 2.45) is 0 Å². The fourth-order valence-electron chi connectivity index (χ4n) is 1.61. The number of hydrogen-bond donors (Lipinski definition) is 1. The van der Waals surface area contributed by atoms with Crippen molar-refractivity contribution in [2.45, 2.75) is 0 Å². The number of ether oxygens (including phenoxy) is 1. The molecule has 1 heterocycles. The highest BCUT2D eigenvalue weighted by atomic mass is 35.5. The monoisotopic (exact) mass is 339 g/mol. The molecule has 1 N–H and O–H groups in total. The Balaban J connectivity index is 2.16. The Hall–Kier alpha value is -1.98. The number of carbonyl (C=O) groups excluding carboxylic acids is 1. The Kier molecular flexibility index (Phi) is 5.46. The minimum atomic E-state index is -0.0440. The number of carbonyl (C=O) groups is 1. The van der Waals surface area contributed by atoms with Crippen molar-refractivity contribution >= 4 is 34.8 Å². The van der Waals surface area contributed by atoms with Gasteiger partial charge in [-0.2, -0.15) is 0 Å². The van der Waals surface area contributed by atoms with Crippen LogP contribution in [0.25, 0.3) is 0 Å². The van der Waals surface area contributed by atoms with E-state index in [2.05, 4.69) is 10.3 Å². The van der Waals surface area contributed by atoms with Crippen molar-refractivity contribution in [3.63, 3.8) is 0 Å². The number of pyridine rings is 1. The van der Waals surface area contributed by atoms with Gasteiger partial charge in [0.2, 0.25) is 11.8 Å². The Morgan fingerprint density at radius 3 is 2.73 bits per heavy atom. The molecule has 0 aliphatic rings. The lowest BCUT2D eigenvalue weighted by Gasteiger charge is -2.15. The van der Waals surface area contributed by atoms with Crippen LogP contribution in [0.4, 0.5) is 5.69 Å². The average molecular weight is 340 g/mol. The quantitative estimate of drug-likeness (QED) is 0.902. The van der Waals surface area contributed by atoms with Crippen LogP contribution in [0, 0.1) is 0 Å². The maximum atomic E-state index is 11.7. The summed E-state index contributed by atoms with van der Waals surface area (Å²) in [5.74, 6) is 0.725. The predicted molar refractivity (Wildman–Crippen MR) is 88.0 cm³/mol. The number of amides is 1. The Bertz CT molecular complexity index is 678. The molecule has 0 radical (unpaired) electrons. The Morgan fingerprint density at radius 2 is 2.05 bits per heavy atom. The molecule has 0 saturated carbocycles. The summed E-state index contributed by atoms with van der Waals surface area (Å²) in [7, 11) is 3.40. The van der Waals surface area contributed by atoms with Crippen LogP contribution in [-0.4, -0.2) is 36.4 Å². The number of hydrogen-bond acceptors (Lipinski definition) is 4. The van der Waals surface area contributed by atoms with Gasteiger partial charge in [0.25, 0.3) is 0 Å². The number of halogens is 2. The zero-order valence-corrected chi connectivity index (χ0v) is 13.6. The van der Waals surface area contributed by atoms with Crippen molar-refractivity contribution in [1.82, 2.24) is 9.88 Å².